The molecule has 0 atom stereocenters. The largest absolute Gasteiger partial charge is 4.00 e. The van der Waals surface area contributed by atoms with E-state index in [0.29, 0.717) is 0 Å². The first-order chi connectivity index (χ1) is 25.3. The van der Waals surface area contributed by atoms with Crippen LogP contribution in [0.15, 0.2) is 170 Å². The van der Waals surface area contributed by atoms with E-state index in [2.05, 4.69) is 198 Å². The van der Waals surface area contributed by atoms with Gasteiger partial charge in [-0.2, -0.15) is 0 Å². The van der Waals surface area contributed by atoms with E-state index in [-0.39, 0.29) is 46.0 Å². The van der Waals surface area contributed by atoms with Crippen molar-refractivity contribution in [3.63, 3.8) is 0 Å². The first-order valence-corrected chi connectivity index (χ1v) is 22.7. The monoisotopic (exact) mass is 956 g/mol. The average molecular weight is 956 g/mol. The van der Waals surface area contributed by atoms with Crippen molar-refractivity contribution in [1.29, 1.82) is 0 Å². The van der Waals surface area contributed by atoms with Gasteiger partial charge in [0.1, 0.15) is 0 Å². The van der Waals surface area contributed by atoms with Crippen LogP contribution < -0.4 is 31.8 Å². The summed E-state index contributed by atoms with van der Waals surface area (Å²) in [4.78, 5) is 4.09. The second-order valence-electron chi connectivity index (χ2n) is 11.6. The van der Waals surface area contributed by atoms with Gasteiger partial charge in [-0.1, -0.05) is 100 Å². The fourth-order valence-corrected chi connectivity index (χ4v) is 11.9. The zero-order valence-electron chi connectivity index (χ0n) is 31.4. The van der Waals surface area contributed by atoms with Crippen molar-refractivity contribution in [3.05, 3.63) is 170 Å². The number of benzene rings is 4. The summed E-state index contributed by atoms with van der Waals surface area (Å²) >= 11 is 19.4. The van der Waals surface area contributed by atoms with Gasteiger partial charge in [-0.3, -0.25) is 0 Å². The maximum atomic E-state index is 4.84. The number of nitrogens with zero attached hydrogens (tertiary/aromatic N) is 2. The quantitative estimate of drug-likeness (QED) is 0.0551. The van der Waals surface area contributed by atoms with Gasteiger partial charge in [-0.25, -0.2) is 33.7 Å². The van der Waals surface area contributed by atoms with Crippen molar-refractivity contribution in [1.82, 2.24) is 9.80 Å². The SMILES string of the molecule is CCN(CC)C([S-])[S-].CCN(CC)C([S-])[S-].[Fe].[Ru+4].c1ccc([PH+](c2ccccc2)[c-]2cccc2)cc1.c1ccc([PH+](c2ccccc2)[c-]2cccc2)cc1. The molecule has 0 saturated carbocycles. The standard InChI is InChI=1S/2C17H15P.2C5H13NS2.Fe.Ru/c2*1-3-9-15(10-4-1)18(17-13-7-8-14-17)16-11-5-2-6-12-16;2*1-3-6(4-2)5(7)8;;/h2*1-14,18H;2*5,7-8H,3-4H2,1-2H3;;/q;;;;;+4/p-4. The van der Waals surface area contributed by atoms with Crippen LogP contribution in [0.4, 0.5) is 0 Å². The summed E-state index contributed by atoms with van der Waals surface area (Å²) in [5, 5.41) is 8.69. The first kappa shape index (κ1) is 50.9. The molecule has 54 heavy (non-hydrogen) atoms. The molecule has 0 aromatic heterocycles. The van der Waals surface area contributed by atoms with Crippen LogP contribution >= 0.6 is 15.8 Å². The van der Waals surface area contributed by atoms with Crippen LogP contribution in [-0.4, -0.2) is 45.4 Å². The molecule has 0 spiro atoms. The van der Waals surface area contributed by atoms with Crippen molar-refractivity contribution in [2.45, 2.75) is 37.1 Å². The molecule has 0 aliphatic carbocycles. The van der Waals surface area contributed by atoms with Crippen LogP contribution in [-0.2, 0) is 87.1 Å². The van der Waals surface area contributed by atoms with E-state index in [1.54, 1.807) is 0 Å². The molecule has 6 aromatic carbocycles. The molecule has 0 bridgehead atoms. The van der Waals surface area contributed by atoms with E-state index < -0.39 is 15.8 Å². The molecule has 0 radical (unpaired) electrons. The number of rotatable bonds is 12. The summed E-state index contributed by atoms with van der Waals surface area (Å²) in [6, 6.07) is 60.8. The molecule has 0 N–H and O–H groups in total. The Morgan fingerprint density at radius 1 is 0.407 bits per heavy atom. The fraction of sp³-hybridized carbons (Fsp3) is 0.227. The van der Waals surface area contributed by atoms with Gasteiger partial charge in [-0.15, -0.1) is 24.3 Å². The minimum absolute atomic E-state index is 0. The third-order valence-electron chi connectivity index (χ3n) is 8.37. The maximum absolute atomic E-state index is 4.84. The van der Waals surface area contributed by atoms with Crippen molar-refractivity contribution >= 4 is 98.2 Å². The molecule has 0 aliphatic heterocycles. The van der Waals surface area contributed by atoms with E-state index in [9.17, 15) is 0 Å². The molecule has 0 fully saturated rings. The summed E-state index contributed by atoms with van der Waals surface area (Å²) < 4.78 is -0.241. The molecule has 0 saturated heterocycles. The summed E-state index contributed by atoms with van der Waals surface area (Å²) in [6.45, 7) is 12.1. The summed E-state index contributed by atoms with van der Waals surface area (Å²) in [5.41, 5.74) is 0. The van der Waals surface area contributed by atoms with Crippen LogP contribution in [0.25, 0.3) is 0 Å². The maximum Gasteiger partial charge on any atom is 4.00 e. The number of hydrogen-bond acceptors (Lipinski definition) is 6. The molecule has 0 amide bonds. The van der Waals surface area contributed by atoms with Gasteiger partial charge in [0.2, 0.25) is 0 Å². The smallest absolute Gasteiger partial charge is 0.800 e. The Kier molecular flexibility index (Phi) is 28.3. The van der Waals surface area contributed by atoms with Gasteiger partial charge in [-0.05, 0) is 85.3 Å². The van der Waals surface area contributed by atoms with Crippen LogP contribution in [0, 0.1) is 0 Å². The van der Waals surface area contributed by atoms with Crippen LogP contribution in [0.5, 0.6) is 0 Å². The second kappa shape index (κ2) is 30.0. The predicted molar refractivity (Wildman–Crippen MR) is 247 cm³/mol. The molecule has 0 aliphatic rings. The Morgan fingerprint density at radius 3 is 0.759 bits per heavy atom. The Hall–Kier alpha value is -1.10. The molecular formula is C44H52FeN2P2RuS4. The van der Waals surface area contributed by atoms with E-state index in [0.717, 1.165) is 26.2 Å². The molecule has 6 rings (SSSR count). The van der Waals surface area contributed by atoms with E-state index in [4.69, 9.17) is 50.5 Å². The van der Waals surface area contributed by atoms with Gasteiger partial charge >= 0.3 is 19.5 Å². The van der Waals surface area contributed by atoms with Gasteiger partial charge in [0.05, 0.1) is 21.2 Å². The predicted octanol–water partition coefficient (Wildman–Crippen LogP) is 7.20. The molecule has 0 heterocycles. The zero-order chi connectivity index (χ0) is 37.6. The summed E-state index contributed by atoms with van der Waals surface area (Å²) in [5.74, 6) is 0. The Bertz CT molecular complexity index is 1490. The normalized spacial score (nSPS) is 10.5. The molecule has 288 valence electrons. The Morgan fingerprint density at radius 2 is 0.611 bits per heavy atom. The Labute approximate surface area is 374 Å². The zero-order valence-corrected chi connectivity index (χ0v) is 39.5. The Balaban J connectivity index is 0.000000382. The van der Waals surface area contributed by atoms with Crippen molar-refractivity contribution in [3.8, 4) is 0 Å². The minimum Gasteiger partial charge on any atom is -0.800 e. The second-order valence-corrected chi connectivity index (χ2v) is 19.0. The van der Waals surface area contributed by atoms with E-state index in [1.807, 2.05) is 9.80 Å². The van der Waals surface area contributed by atoms with Gasteiger partial charge in [0, 0.05) is 32.9 Å². The number of hydrogen-bond donors (Lipinski definition) is 0. The minimum atomic E-state index is -0.834. The van der Waals surface area contributed by atoms with Crippen LogP contribution in [0.3, 0.4) is 0 Å². The molecule has 6 aromatic rings. The van der Waals surface area contributed by atoms with Gasteiger partial charge in [0.25, 0.3) is 0 Å². The van der Waals surface area contributed by atoms with Gasteiger partial charge < -0.3 is 60.3 Å². The van der Waals surface area contributed by atoms with E-state index >= 15 is 0 Å². The van der Waals surface area contributed by atoms with Crippen molar-refractivity contribution < 1.29 is 36.5 Å². The topological polar surface area (TPSA) is 6.48 Å². The van der Waals surface area contributed by atoms with Gasteiger partial charge in [0.15, 0.2) is 0 Å². The third kappa shape index (κ3) is 17.6. The molecule has 2 nitrogen and oxygen atoms in total. The summed E-state index contributed by atoms with van der Waals surface area (Å²) in [7, 11) is -1.67. The van der Waals surface area contributed by atoms with Crippen molar-refractivity contribution in [2.75, 3.05) is 26.2 Å². The average Bonchev–Trinajstić information content (AvgIpc) is 3.91. The van der Waals surface area contributed by atoms with Crippen LogP contribution in [0.2, 0.25) is 0 Å². The summed E-state index contributed by atoms with van der Waals surface area (Å²) in [6.07, 6.45) is 0. The molecule has 10 heteroatoms. The fourth-order valence-electron chi connectivity index (χ4n) is 5.54. The third-order valence-corrected chi connectivity index (χ3v) is 15.0. The van der Waals surface area contributed by atoms with E-state index in [1.165, 1.54) is 31.8 Å². The van der Waals surface area contributed by atoms with Crippen molar-refractivity contribution in [2.24, 2.45) is 0 Å². The first-order valence-electron chi connectivity index (χ1n) is 17.8. The molecule has 0 unspecified atom stereocenters. The molecular weight excluding hydrogens is 904 g/mol. The van der Waals surface area contributed by atoms with Crippen LogP contribution in [0.1, 0.15) is 27.7 Å².